The Kier molecular flexibility index (Phi) is 7.58. The molecule has 4 aromatic carbocycles. The minimum absolute atomic E-state index is 0.310. The fraction of sp³-hybridized carbons (Fsp3) is 0.133. The molecule has 0 amide bonds. The second-order valence-electron chi connectivity index (χ2n) is 8.09. The number of hydrogen-bond acceptors (Lipinski definition) is 5. The summed E-state index contributed by atoms with van der Waals surface area (Å²) in [6.07, 6.45) is -1.07. The third-order valence-electron chi connectivity index (χ3n) is 5.52. The zero-order valence-electron chi connectivity index (χ0n) is 19.6. The topological polar surface area (TPSA) is 61.8 Å². The molecule has 0 radical (unpaired) electrons. The van der Waals surface area contributed by atoms with E-state index in [4.69, 9.17) is 14.2 Å². The fourth-order valence-electron chi connectivity index (χ4n) is 3.59. The number of benzene rings is 4. The normalized spacial score (nSPS) is 11.4. The average Bonchev–Trinajstić information content (AvgIpc) is 2.91. The molecule has 0 saturated carbocycles. The molecule has 0 fully saturated rings. The number of hydrogen-bond donors (Lipinski definition) is 0. The van der Waals surface area contributed by atoms with Crippen LogP contribution < -0.4 is 9.47 Å². The van der Waals surface area contributed by atoms with Gasteiger partial charge in [0, 0.05) is 11.1 Å². The molecule has 0 N–H and O–H groups in total. The van der Waals surface area contributed by atoms with E-state index in [2.05, 4.69) is 0 Å². The molecule has 0 spiro atoms. The van der Waals surface area contributed by atoms with Crippen molar-refractivity contribution in [3.63, 3.8) is 0 Å². The molecule has 0 aromatic heterocycles. The highest BCUT2D eigenvalue weighted by Gasteiger charge is 2.26. The van der Waals surface area contributed by atoms with E-state index in [1.807, 2.05) is 49.4 Å². The van der Waals surface area contributed by atoms with Crippen LogP contribution in [0.15, 0.2) is 103 Å². The first-order valence-electron chi connectivity index (χ1n) is 11.3. The molecule has 1 atom stereocenters. The Morgan fingerprint density at radius 1 is 0.743 bits per heavy atom. The molecular weight excluding hydrogens is 440 g/mol. The maximum atomic E-state index is 13.3. The number of ketones is 1. The smallest absolute Gasteiger partial charge is 0.339 e. The highest BCUT2D eigenvalue weighted by atomic mass is 16.5. The van der Waals surface area contributed by atoms with Crippen LogP contribution in [0.1, 0.15) is 43.5 Å². The summed E-state index contributed by atoms with van der Waals surface area (Å²) >= 11 is 0. The van der Waals surface area contributed by atoms with Crippen molar-refractivity contribution in [1.82, 2.24) is 0 Å². The molecule has 5 heteroatoms. The zero-order valence-corrected chi connectivity index (χ0v) is 19.6. The molecule has 4 aromatic rings. The van der Waals surface area contributed by atoms with Gasteiger partial charge in [0.15, 0.2) is 6.10 Å². The van der Waals surface area contributed by atoms with Gasteiger partial charge in [-0.3, -0.25) is 4.79 Å². The molecule has 35 heavy (non-hydrogen) atoms. The van der Waals surface area contributed by atoms with Crippen LogP contribution in [0.3, 0.4) is 0 Å². The number of esters is 1. The Hall–Kier alpha value is -4.38. The van der Waals surface area contributed by atoms with Crippen LogP contribution in [0.2, 0.25) is 0 Å². The minimum atomic E-state index is -1.07. The molecule has 5 nitrogen and oxygen atoms in total. The van der Waals surface area contributed by atoms with E-state index in [0.29, 0.717) is 29.0 Å². The summed E-state index contributed by atoms with van der Waals surface area (Å²) in [5.41, 5.74) is 3.42. The molecule has 0 aliphatic rings. The van der Waals surface area contributed by atoms with Crippen molar-refractivity contribution in [3.05, 3.63) is 131 Å². The van der Waals surface area contributed by atoms with E-state index in [9.17, 15) is 9.59 Å². The largest absolute Gasteiger partial charge is 0.497 e. The van der Waals surface area contributed by atoms with Crippen LogP contribution in [-0.4, -0.2) is 18.9 Å². The summed E-state index contributed by atoms with van der Waals surface area (Å²) in [7, 11) is 1.56. The van der Waals surface area contributed by atoms with Crippen LogP contribution in [0.25, 0.3) is 0 Å². The summed E-state index contributed by atoms with van der Waals surface area (Å²) in [6, 6.07) is 30.5. The molecule has 0 saturated heterocycles. The van der Waals surface area contributed by atoms with Gasteiger partial charge in [0.05, 0.1) is 12.7 Å². The molecule has 0 aliphatic heterocycles. The Morgan fingerprint density at radius 2 is 1.43 bits per heavy atom. The van der Waals surface area contributed by atoms with Crippen molar-refractivity contribution in [2.24, 2.45) is 0 Å². The Morgan fingerprint density at radius 3 is 2.09 bits per heavy atom. The summed E-state index contributed by atoms with van der Waals surface area (Å²) in [5.74, 6) is 0.541. The lowest BCUT2D eigenvalue weighted by atomic mass is 9.99. The minimum Gasteiger partial charge on any atom is -0.497 e. The quantitative estimate of drug-likeness (QED) is 0.212. The average molecular weight is 467 g/mol. The van der Waals surface area contributed by atoms with E-state index in [1.165, 1.54) is 0 Å². The van der Waals surface area contributed by atoms with E-state index >= 15 is 0 Å². The third kappa shape index (κ3) is 6.15. The summed E-state index contributed by atoms with van der Waals surface area (Å²) in [6.45, 7) is 2.39. The first-order chi connectivity index (χ1) is 17.0. The van der Waals surface area contributed by atoms with Crippen molar-refractivity contribution < 1.29 is 23.8 Å². The number of methoxy groups -OCH3 is 1. The van der Waals surface area contributed by atoms with Crippen molar-refractivity contribution in [2.75, 3.05) is 7.11 Å². The first kappa shape index (κ1) is 23.8. The van der Waals surface area contributed by atoms with Crippen LogP contribution in [0.4, 0.5) is 0 Å². The second kappa shape index (κ2) is 11.2. The van der Waals surface area contributed by atoms with Gasteiger partial charge in [0.1, 0.15) is 18.1 Å². The summed E-state index contributed by atoms with van der Waals surface area (Å²) in [4.78, 5) is 26.2. The maximum Gasteiger partial charge on any atom is 0.339 e. The van der Waals surface area contributed by atoms with Gasteiger partial charge in [-0.15, -0.1) is 0 Å². The van der Waals surface area contributed by atoms with Gasteiger partial charge in [-0.05, 0) is 66.6 Å². The van der Waals surface area contributed by atoms with Crippen molar-refractivity contribution in [2.45, 2.75) is 19.6 Å². The zero-order chi connectivity index (χ0) is 24.6. The van der Waals surface area contributed by atoms with Crippen molar-refractivity contribution >= 4 is 11.8 Å². The Bertz CT molecular complexity index is 1280. The monoisotopic (exact) mass is 466 g/mol. The number of aryl methyl sites for hydroxylation is 1. The first-order valence-corrected chi connectivity index (χ1v) is 11.3. The predicted octanol–water partition coefficient (Wildman–Crippen LogP) is 6.36. The highest BCUT2D eigenvalue weighted by molar-refractivity contribution is 6.02. The number of rotatable bonds is 9. The Balaban J connectivity index is 1.47. The van der Waals surface area contributed by atoms with Gasteiger partial charge < -0.3 is 14.2 Å². The van der Waals surface area contributed by atoms with Gasteiger partial charge in [-0.25, -0.2) is 4.79 Å². The van der Waals surface area contributed by atoms with E-state index in [-0.39, 0.29) is 5.78 Å². The van der Waals surface area contributed by atoms with E-state index in [0.717, 1.165) is 16.9 Å². The fourth-order valence-corrected chi connectivity index (χ4v) is 3.59. The molecular formula is C30H26O5. The van der Waals surface area contributed by atoms with Crippen LogP contribution in [-0.2, 0) is 11.3 Å². The highest BCUT2D eigenvalue weighted by Crippen LogP contribution is 2.25. The van der Waals surface area contributed by atoms with Gasteiger partial charge in [0.2, 0.25) is 5.78 Å². The van der Waals surface area contributed by atoms with Gasteiger partial charge in [-0.1, -0.05) is 54.6 Å². The third-order valence-corrected chi connectivity index (χ3v) is 5.52. The molecule has 0 unspecified atom stereocenters. The number of ether oxygens (including phenoxy) is 3. The molecule has 4 rings (SSSR count). The lowest BCUT2D eigenvalue weighted by Gasteiger charge is -2.18. The maximum absolute atomic E-state index is 13.3. The predicted molar refractivity (Wildman–Crippen MR) is 134 cm³/mol. The number of Topliss-reactive ketones (excluding diaryl/α,β-unsaturated/α-hetero) is 1. The van der Waals surface area contributed by atoms with E-state index in [1.54, 1.807) is 67.8 Å². The van der Waals surface area contributed by atoms with Gasteiger partial charge in [-0.2, -0.15) is 0 Å². The number of carbonyl (C=O) groups excluding carboxylic acids is 2. The lowest BCUT2D eigenvalue weighted by Crippen LogP contribution is -2.20. The molecule has 0 heterocycles. The second-order valence-corrected chi connectivity index (χ2v) is 8.09. The molecule has 0 aliphatic carbocycles. The van der Waals surface area contributed by atoms with Crippen molar-refractivity contribution in [1.29, 1.82) is 0 Å². The van der Waals surface area contributed by atoms with Crippen LogP contribution >= 0.6 is 0 Å². The van der Waals surface area contributed by atoms with Gasteiger partial charge >= 0.3 is 5.97 Å². The number of carbonyl (C=O) groups is 2. The van der Waals surface area contributed by atoms with Crippen molar-refractivity contribution in [3.8, 4) is 11.5 Å². The Labute approximate surface area is 204 Å². The lowest BCUT2D eigenvalue weighted by molar-refractivity contribution is 0.0280. The molecule has 176 valence electrons. The van der Waals surface area contributed by atoms with Crippen LogP contribution in [0.5, 0.6) is 11.5 Å². The van der Waals surface area contributed by atoms with E-state index < -0.39 is 12.1 Å². The molecule has 0 bridgehead atoms. The van der Waals surface area contributed by atoms with Crippen LogP contribution in [0, 0.1) is 6.92 Å². The summed E-state index contributed by atoms with van der Waals surface area (Å²) in [5, 5.41) is 0. The summed E-state index contributed by atoms with van der Waals surface area (Å²) < 4.78 is 16.7. The van der Waals surface area contributed by atoms with Gasteiger partial charge in [0.25, 0.3) is 0 Å². The SMILES string of the molecule is COc1ccc(C(=O)[C@@H](OC(=O)c2ccc(COc3cccc(C)c3)cc2)c2ccccc2)cc1. The standard InChI is InChI=1S/C30H26O5/c1-21-7-6-10-27(19-21)34-20-22-11-13-25(14-12-22)30(32)35-29(24-8-4-3-5-9-24)28(31)23-15-17-26(33-2)18-16-23/h3-19,29H,20H2,1-2H3/t29-/m0/s1.